The van der Waals surface area contributed by atoms with Crippen LogP contribution in [0.5, 0.6) is 0 Å². The first kappa shape index (κ1) is 19.0. The average molecular weight is 398 g/mol. The van der Waals surface area contributed by atoms with E-state index in [1.54, 1.807) is 4.90 Å². The maximum atomic E-state index is 14.0. The Bertz CT molecular complexity index is 1070. The van der Waals surface area contributed by atoms with Gasteiger partial charge in [0, 0.05) is 18.3 Å². The molecule has 0 spiro atoms. The van der Waals surface area contributed by atoms with E-state index in [2.05, 4.69) is 15.5 Å². The molecule has 1 N–H and O–H groups in total. The number of benzene rings is 2. The highest BCUT2D eigenvalue weighted by Crippen LogP contribution is 2.33. The zero-order chi connectivity index (χ0) is 20.5. The molecule has 2 aromatic carbocycles. The van der Waals surface area contributed by atoms with Crippen LogP contribution in [0.15, 0.2) is 40.9 Å². The molecule has 1 atom stereocenters. The van der Waals surface area contributed by atoms with Crippen molar-refractivity contribution in [1.29, 1.82) is 0 Å². The zero-order valence-corrected chi connectivity index (χ0v) is 16.1. The molecule has 1 aliphatic heterocycles. The van der Waals surface area contributed by atoms with Gasteiger partial charge in [-0.1, -0.05) is 22.9 Å². The van der Waals surface area contributed by atoms with Crippen molar-refractivity contribution in [3.63, 3.8) is 0 Å². The number of nitrogens with one attached hydrogen (secondary N) is 1. The van der Waals surface area contributed by atoms with Crippen LogP contribution in [0.3, 0.4) is 0 Å². The minimum Gasteiger partial charge on any atom is -0.337 e. The molecule has 0 saturated carbocycles. The number of anilines is 1. The zero-order valence-electron chi connectivity index (χ0n) is 16.1. The summed E-state index contributed by atoms with van der Waals surface area (Å²) in [6.45, 7) is 4.47. The molecule has 8 heteroatoms. The van der Waals surface area contributed by atoms with E-state index in [4.69, 9.17) is 4.52 Å². The van der Waals surface area contributed by atoms with Gasteiger partial charge in [0.25, 0.3) is 0 Å². The Labute approximate surface area is 166 Å². The average Bonchev–Trinajstić information content (AvgIpc) is 3.33. The monoisotopic (exact) mass is 398 g/mol. The smallest absolute Gasteiger partial charge is 0.322 e. The van der Waals surface area contributed by atoms with Gasteiger partial charge in [-0.15, -0.1) is 0 Å². The van der Waals surface area contributed by atoms with Crippen LogP contribution in [0.4, 0.5) is 19.3 Å². The molecule has 1 fully saturated rings. The standard InChI is InChI=1S/C21H20F2N4O2/c1-12-5-8-17(13(2)10-12)24-21(28)27-9-3-4-18(27)20-25-19(26-29-20)15-7-6-14(22)11-16(15)23/h5-8,10-11,18H,3-4,9H2,1-2H3,(H,24,28)/t18-/m0/s1. The number of carbonyl (C=O) groups excluding carboxylic acids is 1. The highest BCUT2D eigenvalue weighted by Gasteiger charge is 2.34. The minimum absolute atomic E-state index is 0.0270. The number of carbonyl (C=O) groups is 1. The van der Waals surface area contributed by atoms with E-state index >= 15 is 0 Å². The normalized spacial score (nSPS) is 16.3. The predicted molar refractivity (Wildman–Crippen MR) is 103 cm³/mol. The fourth-order valence-corrected chi connectivity index (χ4v) is 3.56. The largest absolute Gasteiger partial charge is 0.337 e. The second kappa shape index (κ2) is 7.62. The van der Waals surface area contributed by atoms with Crippen molar-refractivity contribution in [2.24, 2.45) is 0 Å². The van der Waals surface area contributed by atoms with Crippen molar-refractivity contribution in [1.82, 2.24) is 15.0 Å². The third kappa shape index (κ3) is 3.83. The molecule has 0 radical (unpaired) electrons. The number of amides is 2. The summed E-state index contributed by atoms with van der Waals surface area (Å²) in [6.07, 6.45) is 1.45. The summed E-state index contributed by atoms with van der Waals surface area (Å²) in [4.78, 5) is 18.7. The summed E-state index contributed by atoms with van der Waals surface area (Å²) in [5, 5.41) is 6.74. The molecule has 1 saturated heterocycles. The molecule has 4 rings (SSSR count). The van der Waals surface area contributed by atoms with Crippen molar-refractivity contribution >= 4 is 11.7 Å². The maximum absolute atomic E-state index is 14.0. The predicted octanol–water partition coefficient (Wildman–Crippen LogP) is 5.00. The van der Waals surface area contributed by atoms with Gasteiger partial charge in [0.1, 0.15) is 17.7 Å². The molecule has 3 aromatic rings. The molecular formula is C21H20F2N4O2. The fourth-order valence-electron chi connectivity index (χ4n) is 3.56. The fraction of sp³-hybridized carbons (Fsp3) is 0.286. The summed E-state index contributed by atoms with van der Waals surface area (Å²) in [6, 6.07) is 8.31. The molecule has 2 heterocycles. The van der Waals surface area contributed by atoms with E-state index in [9.17, 15) is 13.6 Å². The van der Waals surface area contributed by atoms with Crippen LogP contribution in [0, 0.1) is 25.5 Å². The van der Waals surface area contributed by atoms with Gasteiger partial charge in [-0.3, -0.25) is 0 Å². The first-order chi connectivity index (χ1) is 13.9. The van der Waals surface area contributed by atoms with Crippen molar-refractivity contribution in [3.8, 4) is 11.4 Å². The Morgan fingerprint density at radius 2 is 2.03 bits per heavy atom. The van der Waals surface area contributed by atoms with Gasteiger partial charge in [0.05, 0.1) is 5.56 Å². The SMILES string of the molecule is Cc1ccc(NC(=O)N2CCC[C@H]2c2nc(-c3ccc(F)cc3F)no2)c(C)c1. The van der Waals surface area contributed by atoms with Crippen LogP contribution < -0.4 is 5.32 Å². The Balaban J connectivity index is 1.54. The minimum atomic E-state index is -0.770. The number of urea groups is 1. The summed E-state index contributed by atoms with van der Waals surface area (Å²) in [5.74, 6) is -1.19. The van der Waals surface area contributed by atoms with Gasteiger partial charge in [0.15, 0.2) is 0 Å². The molecular weight excluding hydrogens is 378 g/mol. The number of nitrogens with zero attached hydrogens (tertiary/aromatic N) is 3. The van der Waals surface area contributed by atoms with Crippen LogP contribution in [0.1, 0.15) is 35.9 Å². The highest BCUT2D eigenvalue weighted by atomic mass is 19.1. The Hall–Kier alpha value is -3.29. The van der Waals surface area contributed by atoms with Gasteiger partial charge in [0.2, 0.25) is 11.7 Å². The number of aromatic nitrogens is 2. The lowest BCUT2D eigenvalue weighted by Crippen LogP contribution is -2.34. The molecule has 0 unspecified atom stereocenters. The van der Waals surface area contributed by atoms with Crippen LogP contribution in [-0.2, 0) is 0 Å². The molecule has 6 nitrogen and oxygen atoms in total. The van der Waals surface area contributed by atoms with Crippen LogP contribution in [0.25, 0.3) is 11.4 Å². The second-order valence-electron chi connectivity index (χ2n) is 7.18. The van der Waals surface area contributed by atoms with Crippen LogP contribution in [-0.4, -0.2) is 27.6 Å². The van der Waals surface area contributed by atoms with Crippen LogP contribution in [0.2, 0.25) is 0 Å². The molecule has 150 valence electrons. The van der Waals surface area contributed by atoms with E-state index in [-0.39, 0.29) is 23.3 Å². The second-order valence-corrected chi connectivity index (χ2v) is 7.18. The summed E-state index contributed by atoms with van der Waals surface area (Å²) in [7, 11) is 0. The van der Waals surface area contributed by atoms with Crippen molar-refractivity contribution in [2.75, 3.05) is 11.9 Å². The van der Waals surface area contributed by atoms with E-state index in [0.717, 1.165) is 35.4 Å². The van der Waals surface area contributed by atoms with Crippen LogP contribution >= 0.6 is 0 Å². The Morgan fingerprint density at radius 3 is 2.79 bits per heavy atom. The lowest BCUT2D eigenvalue weighted by molar-refractivity contribution is 0.193. The molecule has 1 aliphatic rings. The lowest BCUT2D eigenvalue weighted by Gasteiger charge is -2.22. The molecule has 0 bridgehead atoms. The quantitative estimate of drug-likeness (QED) is 0.674. The third-order valence-electron chi connectivity index (χ3n) is 5.04. The first-order valence-electron chi connectivity index (χ1n) is 9.36. The summed E-state index contributed by atoms with van der Waals surface area (Å²) in [5.41, 5.74) is 2.88. The van der Waals surface area contributed by atoms with E-state index in [0.29, 0.717) is 13.0 Å². The maximum Gasteiger partial charge on any atom is 0.322 e. The number of hydrogen-bond donors (Lipinski definition) is 1. The van der Waals surface area contributed by atoms with Gasteiger partial charge < -0.3 is 14.7 Å². The van der Waals surface area contributed by atoms with Crippen molar-refractivity contribution < 1.29 is 18.1 Å². The molecule has 29 heavy (non-hydrogen) atoms. The lowest BCUT2D eigenvalue weighted by atomic mass is 10.1. The number of halogens is 2. The summed E-state index contributed by atoms with van der Waals surface area (Å²) < 4.78 is 32.4. The molecule has 2 amide bonds. The summed E-state index contributed by atoms with van der Waals surface area (Å²) >= 11 is 0. The van der Waals surface area contributed by atoms with Gasteiger partial charge in [-0.25, -0.2) is 13.6 Å². The number of likely N-dealkylation sites (tertiary alicyclic amines) is 1. The molecule has 1 aromatic heterocycles. The van der Waals surface area contributed by atoms with Crippen molar-refractivity contribution in [3.05, 3.63) is 65.1 Å². The van der Waals surface area contributed by atoms with Crippen molar-refractivity contribution in [2.45, 2.75) is 32.7 Å². The van der Waals surface area contributed by atoms with Gasteiger partial charge in [-0.2, -0.15) is 4.98 Å². The number of aryl methyl sites for hydroxylation is 2. The Kier molecular flexibility index (Phi) is 5.00. The number of hydrogen-bond acceptors (Lipinski definition) is 4. The van der Waals surface area contributed by atoms with E-state index < -0.39 is 17.7 Å². The van der Waals surface area contributed by atoms with E-state index in [1.807, 2.05) is 32.0 Å². The topological polar surface area (TPSA) is 71.3 Å². The van der Waals surface area contributed by atoms with E-state index in [1.165, 1.54) is 6.07 Å². The third-order valence-corrected chi connectivity index (χ3v) is 5.04. The Morgan fingerprint density at radius 1 is 1.21 bits per heavy atom. The highest BCUT2D eigenvalue weighted by molar-refractivity contribution is 5.90. The molecule has 0 aliphatic carbocycles. The van der Waals surface area contributed by atoms with Gasteiger partial charge in [-0.05, 0) is 50.5 Å². The first-order valence-corrected chi connectivity index (χ1v) is 9.36. The van der Waals surface area contributed by atoms with Gasteiger partial charge >= 0.3 is 6.03 Å². The number of rotatable bonds is 3.